The molecule has 0 radical (unpaired) electrons. The molecule has 3 aromatic rings. The minimum absolute atomic E-state index is 0.00483. The third-order valence-corrected chi connectivity index (χ3v) is 5.85. The van der Waals surface area contributed by atoms with Gasteiger partial charge in [0.05, 0.1) is 17.3 Å². The van der Waals surface area contributed by atoms with Crippen molar-refractivity contribution in [2.75, 3.05) is 13.1 Å². The summed E-state index contributed by atoms with van der Waals surface area (Å²) in [7, 11) is 1.86. The molecule has 0 fully saturated rings. The first-order valence-corrected chi connectivity index (χ1v) is 9.82. The van der Waals surface area contributed by atoms with Gasteiger partial charge in [0.2, 0.25) is 5.91 Å². The first-order chi connectivity index (χ1) is 14.5. The third-order valence-electron chi connectivity index (χ3n) is 5.85. The van der Waals surface area contributed by atoms with Gasteiger partial charge in [-0.1, -0.05) is 36.4 Å². The second kappa shape index (κ2) is 6.95. The first-order valence-electron chi connectivity index (χ1n) is 9.82. The Morgan fingerprint density at radius 1 is 1.03 bits per heavy atom. The molecule has 0 aliphatic carbocycles. The molecule has 2 aromatic carbocycles. The van der Waals surface area contributed by atoms with Gasteiger partial charge in [0.15, 0.2) is 0 Å². The Balaban J connectivity index is 1.40. The fourth-order valence-corrected chi connectivity index (χ4v) is 4.32. The van der Waals surface area contributed by atoms with Crippen LogP contribution in [0.15, 0.2) is 60.9 Å². The van der Waals surface area contributed by atoms with E-state index >= 15 is 0 Å². The van der Waals surface area contributed by atoms with Crippen LogP contribution >= 0.6 is 0 Å². The second-order valence-electron chi connectivity index (χ2n) is 7.72. The van der Waals surface area contributed by atoms with Gasteiger partial charge in [0, 0.05) is 32.3 Å². The highest BCUT2D eigenvalue weighted by atomic mass is 16.2. The number of amides is 3. The maximum absolute atomic E-state index is 13.1. The molecule has 7 heteroatoms. The van der Waals surface area contributed by atoms with Crippen LogP contribution in [-0.4, -0.2) is 50.4 Å². The standard InChI is InChI=1S/C23H20N4O3/c1-25-11-16(10-24-25)20-13-26(12-15-6-2-3-7-17(15)20)21(28)14-27-22(29)18-8-4-5-9-19(18)23(27)30/h2-11,20H,12-14H2,1H3. The zero-order chi connectivity index (χ0) is 20.8. The van der Waals surface area contributed by atoms with Crippen molar-refractivity contribution in [1.29, 1.82) is 0 Å². The molecule has 30 heavy (non-hydrogen) atoms. The maximum Gasteiger partial charge on any atom is 0.262 e. The molecule has 5 rings (SSSR count). The van der Waals surface area contributed by atoms with Gasteiger partial charge in [-0.3, -0.25) is 24.0 Å². The monoisotopic (exact) mass is 400 g/mol. The Labute approximate surface area is 173 Å². The van der Waals surface area contributed by atoms with Crippen molar-refractivity contribution in [2.45, 2.75) is 12.5 Å². The molecule has 3 amide bonds. The van der Waals surface area contributed by atoms with Crippen molar-refractivity contribution in [1.82, 2.24) is 19.6 Å². The van der Waals surface area contributed by atoms with Crippen LogP contribution in [-0.2, 0) is 18.4 Å². The van der Waals surface area contributed by atoms with Crippen molar-refractivity contribution < 1.29 is 14.4 Å². The van der Waals surface area contributed by atoms with Crippen molar-refractivity contribution in [3.05, 3.63) is 88.7 Å². The minimum atomic E-state index is -0.412. The SMILES string of the molecule is Cn1cc(C2CN(C(=O)CN3C(=O)c4ccccc4C3=O)Cc3ccccc32)cn1. The number of aromatic nitrogens is 2. The van der Waals surface area contributed by atoms with Crippen LogP contribution in [0, 0.1) is 0 Å². The molecule has 7 nitrogen and oxygen atoms in total. The average Bonchev–Trinajstić information content (AvgIpc) is 3.30. The Morgan fingerprint density at radius 3 is 2.37 bits per heavy atom. The summed E-state index contributed by atoms with van der Waals surface area (Å²) in [5.41, 5.74) is 3.98. The zero-order valence-electron chi connectivity index (χ0n) is 16.5. The summed E-state index contributed by atoms with van der Waals surface area (Å²) >= 11 is 0. The number of rotatable bonds is 3. The van der Waals surface area contributed by atoms with Crippen molar-refractivity contribution in [2.24, 2.45) is 7.05 Å². The normalized spacial score (nSPS) is 17.8. The number of benzene rings is 2. The third kappa shape index (κ3) is 2.90. The van der Waals surface area contributed by atoms with Gasteiger partial charge in [-0.25, -0.2) is 0 Å². The number of carbonyl (C=O) groups is 3. The van der Waals surface area contributed by atoms with E-state index < -0.39 is 11.8 Å². The molecule has 0 saturated carbocycles. The number of fused-ring (bicyclic) bond motifs is 2. The van der Waals surface area contributed by atoms with Gasteiger partial charge < -0.3 is 4.90 Å². The van der Waals surface area contributed by atoms with E-state index in [1.165, 1.54) is 5.56 Å². The molecule has 0 spiro atoms. The minimum Gasteiger partial charge on any atom is -0.336 e. The van der Waals surface area contributed by atoms with E-state index in [1.54, 1.807) is 33.8 Å². The quantitative estimate of drug-likeness (QED) is 0.632. The molecule has 0 bridgehead atoms. The molecule has 2 aliphatic rings. The lowest BCUT2D eigenvalue weighted by molar-refractivity contribution is -0.132. The molecular weight excluding hydrogens is 380 g/mol. The molecule has 3 heterocycles. The molecule has 1 atom stereocenters. The summed E-state index contributed by atoms with van der Waals surface area (Å²) in [5, 5.41) is 4.28. The largest absolute Gasteiger partial charge is 0.336 e. The van der Waals surface area contributed by atoms with Gasteiger partial charge in [-0.05, 0) is 28.8 Å². The lowest BCUT2D eigenvalue weighted by Crippen LogP contribution is -2.45. The molecule has 0 N–H and O–H groups in total. The summed E-state index contributed by atoms with van der Waals surface area (Å²) in [6.07, 6.45) is 3.78. The number of hydrogen-bond donors (Lipinski definition) is 0. The summed E-state index contributed by atoms with van der Waals surface area (Å²) in [6, 6.07) is 14.7. The van der Waals surface area contributed by atoms with Crippen LogP contribution in [0.25, 0.3) is 0 Å². The summed E-state index contributed by atoms with van der Waals surface area (Å²) in [6.45, 7) is 0.675. The van der Waals surface area contributed by atoms with E-state index in [0.29, 0.717) is 24.2 Å². The topological polar surface area (TPSA) is 75.5 Å². The Hall–Kier alpha value is -3.74. The fourth-order valence-electron chi connectivity index (χ4n) is 4.32. The van der Waals surface area contributed by atoms with Gasteiger partial charge >= 0.3 is 0 Å². The van der Waals surface area contributed by atoms with E-state index in [1.807, 2.05) is 37.6 Å². The van der Waals surface area contributed by atoms with Crippen LogP contribution in [0.5, 0.6) is 0 Å². The number of hydrogen-bond acceptors (Lipinski definition) is 4. The van der Waals surface area contributed by atoms with Crippen LogP contribution < -0.4 is 0 Å². The van der Waals surface area contributed by atoms with Crippen molar-refractivity contribution in [3.8, 4) is 0 Å². The molecule has 1 unspecified atom stereocenters. The lowest BCUT2D eigenvalue weighted by atomic mass is 9.86. The number of imide groups is 1. The zero-order valence-corrected chi connectivity index (χ0v) is 16.5. The smallest absolute Gasteiger partial charge is 0.262 e. The summed E-state index contributed by atoms with van der Waals surface area (Å²) in [5.74, 6) is -1.07. The highest BCUT2D eigenvalue weighted by Crippen LogP contribution is 2.33. The molecule has 0 saturated heterocycles. The lowest BCUT2D eigenvalue weighted by Gasteiger charge is -2.35. The number of aryl methyl sites for hydroxylation is 1. The molecule has 150 valence electrons. The number of nitrogens with zero attached hydrogens (tertiary/aromatic N) is 4. The summed E-state index contributed by atoms with van der Waals surface area (Å²) < 4.78 is 1.75. The van der Waals surface area contributed by atoms with Crippen LogP contribution in [0.4, 0.5) is 0 Å². The van der Waals surface area contributed by atoms with Crippen LogP contribution in [0.2, 0.25) is 0 Å². The fraction of sp³-hybridized carbons (Fsp3) is 0.217. The highest BCUT2D eigenvalue weighted by molar-refractivity contribution is 6.22. The second-order valence-corrected chi connectivity index (χ2v) is 7.72. The predicted octanol–water partition coefficient (Wildman–Crippen LogP) is 2.19. The maximum atomic E-state index is 13.1. The average molecular weight is 400 g/mol. The molecule has 1 aromatic heterocycles. The van der Waals surface area contributed by atoms with E-state index in [4.69, 9.17) is 0 Å². The number of carbonyl (C=O) groups excluding carboxylic acids is 3. The first kappa shape index (κ1) is 18.3. The molecule has 2 aliphatic heterocycles. The van der Waals surface area contributed by atoms with Gasteiger partial charge in [-0.15, -0.1) is 0 Å². The van der Waals surface area contributed by atoms with Crippen LogP contribution in [0.1, 0.15) is 43.3 Å². The van der Waals surface area contributed by atoms with Gasteiger partial charge in [0.25, 0.3) is 11.8 Å². The highest BCUT2D eigenvalue weighted by Gasteiger charge is 2.38. The van der Waals surface area contributed by atoms with E-state index in [2.05, 4.69) is 11.2 Å². The Kier molecular flexibility index (Phi) is 4.24. The summed E-state index contributed by atoms with van der Waals surface area (Å²) in [4.78, 5) is 41.2. The van der Waals surface area contributed by atoms with E-state index in [0.717, 1.165) is 16.0 Å². The van der Waals surface area contributed by atoms with Crippen molar-refractivity contribution >= 4 is 17.7 Å². The Bertz CT molecular complexity index is 1150. The van der Waals surface area contributed by atoms with Crippen molar-refractivity contribution in [3.63, 3.8) is 0 Å². The van der Waals surface area contributed by atoms with E-state index in [-0.39, 0.29) is 18.4 Å². The van der Waals surface area contributed by atoms with Gasteiger partial charge in [-0.2, -0.15) is 5.10 Å². The Morgan fingerprint density at radius 2 is 1.70 bits per heavy atom. The predicted molar refractivity (Wildman–Crippen MR) is 109 cm³/mol. The molecular formula is C23H20N4O3. The van der Waals surface area contributed by atoms with E-state index in [9.17, 15) is 14.4 Å². The van der Waals surface area contributed by atoms with Gasteiger partial charge in [0.1, 0.15) is 6.54 Å². The van der Waals surface area contributed by atoms with Crippen LogP contribution in [0.3, 0.4) is 0 Å².